The van der Waals surface area contributed by atoms with Gasteiger partial charge in [-0.05, 0) is 59.5 Å². The first kappa shape index (κ1) is 10.8. The van der Waals surface area contributed by atoms with E-state index in [1.165, 1.54) is 25.3 Å². The maximum absolute atomic E-state index is 7.05. The van der Waals surface area contributed by atoms with Crippen LogP contribution in [0.15, 0.2) is 6.08 Å². The number of allylic oxidation sites excluding steroid dienone is 1. The van der Waals surface area contributed by atoms with Gasteiger partial charge >= 0.3 is 0 Å². The second-order valence-electron chi connectivity index (χ2n) is 5.17. The molecule has 1 unspecified atom stereocenters. The highest BCUT2D eigenvalue weighted by molar-refractivity contribution is 4.96. The second kappa shape index (κ2) is 3.83. The average Bonchev–Trinajstić information content (AvgIpc) is 1.98. The van der Waals surface area contributed by atoms with Gasteiger partial charge in [0.05, 0.1) is 0 Å². The highest BCUT2D eigenvalue weighted by Gasteiger charge is 2.34. The monoisotopic (exact) mass is 179 g/mol. The number of hydrogen-bond donors (Lipinski definition) is 1. The van der Waals surface area contributed by atoms with Crippen LogP contribution in [0.1, 0.15) is 52.9 Å². The summed E-state index contributed by atoms with van der Waals surface area (Å²) in [5.74, 6) is 0. The summed E-state index contributed by atoms with van der Waals surface area (Å²) in [6.07, 6.45) is 7.36. The SMILES string of the molecule is [C]=CCCC1(C)CCCC(C)(C)N1. The van der Waals surface area contributed by atoms with Crippen LogP contribution >= 0.6 is 0 Å². The van der Waals surface area contributed by atoms with E-state index >= 15 is 0 Å². The summed E-state index contributed by atoms with van der Waals surface area (Å²) >= 11 is 0. The number of nitrogens with one attached hydrogen (secondary N) is 1. The Bertz CT molecular complexity index is 184. The molecule has 1 N–H and O–H groups in total. The maximum Gasteiger partial charge on any atom is 0.0161 e. The Kier molecular flexibility index (Phi) is 3.18. The van der Waals surface area contributed by atoms with Gasteiger partial charge in [-0.3, -0.25) is 0 Å². The van der Waals surface area contributed by atoms with Crippen LogP contribution in [0.3, 0.4) is 0 Å². The van der Waals surface area contributed by atoms with Crippen molar-refractivity contribution in [1.82, 2.24) is 5.32 Å². The lowest BCUT2D eigenvalue weighted by atomic mass is 9.79. The molecule has 0 aliphatic carbocycles. The van der Waals surface area contributed by atoms with E-state index in [1.807, 2.05) is 0 Å². The van der Waals surface area contributed by atoms with Gasteiger partial charge in [-0.15, -0.1) is 0 Å². The minimum atomic E-state index is 0.263. The molecule has 0 aromatic rings. The summed E-state index contributed by atoms with van der Waals surface area (Å²) in [5, 5.41) is 3.70. The van der Waals surface area contributed by atoms with Gasteiger partial charge in [0.15, 0.2) is 0 Å². The van der Waals surface area contributed by atoms with Crippen molar-refractivity contribution in [2.45, 2.75) is 64.0 Å². The highest BCUT2D eigenvalue weighted by atomic mass is 15.0. The Morgan fingerprint density at radius 3 is 2.54 bits per heavy atom. The fourth-order valence-electron chi connectivity index (χ4n) is 2.44. The molecular formula is C12H21N. The fraction of sp³-hybridized carbons (Fsp3) is 0.833. The summed E-state index contributed by atoms with van der Waals surface area (Å²) in [6, 6.07) is 0. The van der Waals surface area contributed by atoms with Gasteiger partial charge in [0.1, 0.15) is 0 Å². The van der Waals surface area contributed by atoms with Crippen molar-refractivity contribution in [3.8, 4) is 0 Å². The molecule has 1 aliphatic rings. The van der Waals surface area contributed by atoms with Gasteiger partial charge in [-0.2, -0.15) is 0 Å². The first-order valence-corrected chi connectivity index (χ1v) is 5.26. The molecule has 0 spiro atoms. The lowest BCUT2D eigenvalue weighted by Gasteiger charge is -2.44. The predicted octanol–water partition coefficient (Wildman–Crippen LogP) is 2.94. The summed E-state index contributed by atoms with van der Waals surface area (Å²) in [5.41, 5.74) is 0.550. The van der Waals surface area contributed by atoms with Crippen LogP contribution in [-0.2, 0) is 0 Å². The minimum Gasteiger partial charge on any atom is -0.307 e. The summed E-state index contributed by atoms with van der Waals surface area (Å²) < 4.78 is 0. The molecule has 1 atom stereocenters. The van der Waals surface area contributed by atoms with E-state index < -0.39 is 0 Å². The zero-order chi connectivity index (χ0) is 9.95. The smallest absolute Gasteiger partial charge is 0.0161 e. The highest BCUT2D eigenvalue weighted by Crippen LogP contribution is 2.31. The Morgan fingerprint density at radius 1 is 1.31 bits per heavy atom. The molecule has 0 bridgehead atoms. The number of hydrogen-bond acceptors (Lipinski definition) is 1. The third-order valence-corrected chi connectivity index (χ3v) is 3.01. The lowest BCUT2D eigenvalue weighted by molar-refractivity contribution is 0.159. The second-order valence-corrected chi connectivity index (χ2v) is 5.17. The molecule has 1 nitrogen and oxygen atoms in total. The van der Waals surface area contributed by atoms with E-state index in [2.05, 4.69) is 26.1 Å². The van der Waals surface area contributed by atoms with Crippen molar-refractivity contribution in [3.63, 3.8) is 0 Å². The predicted molar refractivity (Wildman–Crippen MR) is 56.5 cm³/mol. The molecule has 1 fully saturated rings. The van der Waals surface area contributed by atoms with Crippen molar-refractivity contribution >= 4 is 0 Å². The molecule has 0 amide bonds. The average molecular weight is 179 g/mol. The molecule has 0 aromatic carbocycles. The van der Waals surface area contributed by atoms with Crippen LogP contribution in [0.2, 0.25) is 0 Å². The first-order chi connectivity index (χ1) is 5.97. The summed E-state index contributed by atoms with van der Waals surface area (Å²) in [6.45, 7) is 13.9. The van der Waals surface area contributed by atoms with E-state index in [4.69, 9.17) is 6.58 Å². The fourth-order valence-corrected chi connectivity index (χ4v) is 2.44. The zero-order valence-corrected chi connectivity index (χ0v) is 9.11. The topological polar surface area (TPSA) is 12.0 Å². The molecular weight excluding hydrogens is 158 g/mol. The van der Waals surface area contributed by atoms with Gasteiger partial charge in [0.25, 0.3) is 0 Å². The maximum atomic E-state index is 7.05. The van der Waals surface area contributed by atoms with Gasteiger partial charge in [0.2, 0.25) is 0 Å². The van der Waals surface area contributed by atoms with Crippen LogP contribution in [0.4, 0.5) is 0 Å². The Hall–Kier alpha value is -0.300. The van der Waals surface area contributed by atoms with Crippen molar-refractivity contribution in [3.05, 3.63) is 12.7 Å². The molecule has 0 saturated carbocycles. The van der Waals surface area contributed by atoms with Crippen LogP contribution in [0, 0.1) is 6.58 Å². The third-order valence-electron chi connectivity index (χ3n) is 3.01. The largest absolute Gasteiger partial charge is 0.307 e. The standard InChI is InChI=1S/C12H21N/c1-5-6-9-12(4)10-7-8-11(2,3)13-12/h5,13H,6-10H2,2-4H3. The normalized spacial score (nSPS) is 32.8. The van der Waals surface area contributed by atoms with E-state index in [9.17, 15) is 0 Å². The van der Waals surface area contributed by atoms with Gasteiger partial charge in [-0.1, -0.05) is 6.08 Å². The molecule has 1 saturated heterocycles. The van der Waals surface area contributed by atoms with Crippen molar-refractivity contribution in [1.29, 1.82) is 0 Å². The van der Waals surface area contributed by atoms with Crippen molar-refractivity contribution < 1.29 is 0 Å². The lowest BCUT2D eigenvalue weighted by Crippen LogP contribution is -2.56. The Labute approximate surface area is 82.6 Å². The molecule has 2 radical (unpaired) electrons. The van der Waals surface area contributed by atoms with E-state index in [0.717, 1.165) is 12.8 Å². The molecule has 1 heteroatoms. The molecule has 1 heterocycles. The molecule has 1 rings (SSSR count). The minimum absolute atomic E-state index is 0.263. The Balaban J connectivity index is 2.52. The molecule has 1 aliphatic heterocycles. The van der Waals surface area contributed by atoms with Crippen LogP contribution in [-0.4, -0.2) is 11.1 Å². The van der Waals surface area contributed by atoms with Gasteiger partial charge < -0.3 is 5.32 Å². The Morgan fingerprint density at radius 2 is 2.00 bits per heavy atom. The number of rotatable bonds is 3. The summed E-state index contributed by atoms with van der Waals surface area (Å²) in [7, 11) is 0. The number of piperidine rings is 1. The van der Waals surface area contributed by atoms with Gasteiger partial charge in [0, 0.05) is 11.1 Å². The molecule has 74 valence electrons. The van der Waals surface area contributed by atoms with Gasteiger partial charge in [-0.25, -0.2) is 0 Å². The van der Waals surface area contributed by atoms with E-state index in [-0.39, 0.29) is 11.1 Å². The molecule has 0 aromatic heterocycles. The van der Waals surface area contributed by atoms with E-state index in [0.29, 0.717) is 0 Å². The first-order valence-electron chi connectivity index (χ1n) is 5.26. The zero-order valence-electron chi connectivity index (χ0n) is 9.11. The van der Waals surface area contributed by atoms with E-state index in [1.54, 1.807) is 0 Å². The van der Waals surface area contributed by atoms with Crippen molar-refractivity contribution in [2.75, 3.05) is 0 Å². The third kappa shape index (κ3) is 3.15. The quantitative estimate of drug-likeness (QED) is 0.702. The van der Waals surface area contributed by atoms with Crippen LogP contribution in [0.25, 0.3) is 0 Å². The molecule has 13 heavy (non-hydrogen) atoms. The van der Waals surface area contributed by atoms with Crippen LogP contribution < -0.4 is 5.32 Å². The van der Waals surface area contributed by atoms with Crippen molar-refractivity contribution in [2.24, 2.45) is 0 Å². The summed E-state index contributed by atoms with van der Waals surface area (Å²) in [4.78, 5) is 0. The van der Waals surface area contributed by atoms with Crippen LogP contribution in [0.5, 0.6) is 0 Å².